The van der Waals surface area contributed by atoms with E-state index < -0.39 is 0 Å². The fourth-order valence-electron chi connectivity index (χ4n) is 3.03. The molecule has 1 aromatic carbocycles. The molecule has 25 heavy (non-hydrogen) atoms. The smallest absolute Gasteiger partial charge is 0.221 e. The van der Waals surface area contributed by atoms with Gasteiger partial charge in [-0.3, -0.25) is 9.69 Å². The van der Waals surface area contributed by atoms with E-state index in [4.69, 9.17) is 10.5 Å². The number of nitrogens with zero attached hydrogens (tertiary/aromatic N) is 1. The second-order valence-corrected chi connectivity index (χ2v) is 6.21. The van der Waals surface area contributed by atoms with Gasteiger partial charge in [0.1, 0.15) is 12.4 Å². The Bertz CT molecular complexity index is 522. The monoisotopic (exact) mass is 367 g/mol. The van der Waals surface area contributed by atoms with E-state index in [1.54, 1.807) is 6.08 Å². The molecule has 1 amide bonds. The number of amides is 1. The normalized spacial score (nSPS) is 17.4. The molecule has 1 aliphatic rings. The van der Waals surface area contributed by atoms with E-state index in [2.05, 4.69) is 28.9 Å². The van der Waals surface area contributed by atoms with Crippen LogP contribution in [-0.2, 0) is 11.3 Å². The quantitative estimate of drug-likeness (QED) is 0.658. The summed E-state index contributed by atoms with van der Waals surface area (Å²) in [6.07, 6.45) is 5.71. The van der Waals surface area contributed by atoms with Gasteiger partial charge >= 0.3 is 0 Å². The van der Waals surface area contributed by atoms with Gasteiger partial charge in [0, 0.05) is 32.1 Å². The van der Waals surface area contributed by atoms with Crippen LogP contribution in [0.25, 0.3) is 0 Å². The zero-order valence-electron chi connectivity index (χ0n) is 14.8. The summed E-state index contributed by atoms with van der Waals surface area (Å²) in [5, 5.41) is 3.01. The van der Waals surface area contributed by atoms with Crippen molar-refractivity contribution in [2.24, 2.45) is 5.73 Å². The molecule has 5 nitrogen and oxygen atoms in total. The summed E-state index contributed by atoms with van der Waals surface area (Å²) in [6, 6.07) is 8.62. The van der Waals surface area contributed by atoms with Crippen molar-refractivity contribution in [2.45, 2.75) is 38.3 Å². The van der Waals surface area contributed by atoms with E-state index in [1.165, 1.54) is 18.4 Å². The standard InChI is InChI=1S/C19H29N3O2.ClH/c1-2-13-24-18-8-6-16(7-9-18)15-22-12-4-3-5-17(22)14-21-19(23)10-11-20;/h2,6-9,17H,1,3-5,10-15,20H2,(H,21,23);1H. The highest BCUT2D eigenvalue weighted by Crippen LogP contribution is 2.20. The number of carbonyl (C=O) groups is 1. The minimum atomic E-state index is 0. The van der Waals surface area contributed by atoms with Gasteiger partial charge in [0.2, 0.25) is 5.91 Å². The van der Waals surface area contributed by atoms with Crippen molar-refractivity contribution < 1.29 is 9.53 Å². The molecule has 1 saturated heterocycles. The molecule has 0 saturated carbocycles. The average molecular weight is 368 g/mol. The molecule has 0 spiro atoms. The lowest BCUT2D eigenvalue weighted by molar-refractivity contribution is -0.121. The molecule has 140 valence electrons. The SMILES string of the molecule is C=CCOc1ccc(CN2CCCCC2CNC(=O)CCN)cc1.Cl. The van der Waals surface area contributed by atoms with E-state index in [1.807, 2.05) is 12.1 Å². The van der Waals surface area contributed by atoms with Crippen molar-refractivity contribution in [2.75, 3.05) is 26.2 Å². The van der Waals surface area contributed by atoms with Gasteiger partial charge in [-0.2, -0.15) is 0 Å². The molecule has 0 radical (unpaired) electrons. The Morgan fingerprint density at radius 3 is 2.80 bits per heavy atom. The molecule has 1 atom stereocenters. The predicted molar refractivity (Wildman–Crippen MR) is 104 cm³/mol. The number of nitrogens with one attached hydrogen (secondary N) is 1. The van der Waals surface area contributed by atoms with E-state index in [-0.39, 0.29) is 18.3 Å². The van der Waals surface area contributed by atoms with Gasteiger partial charge in [0.05, 0.1) is 0 Å². The molecule has 3 N–H and O–H groups in total. The van der Waals surface area contributed by atoms with Crippen LogP contribution in [0.2, 0.25) is 0 Å². The van der Waals surface area contributed by atoms with Crippen LogP contribution in [0.4, 0.5) is 0 Å². The fraction of sp³-hybridized carbons (Fsp3) is 0.526. The summed E-state index contributed by atoms with van der Waals surface area (Å²) in [4.78, 5) is 14.1. The Morgan fingerprint density at radius 1 is 1.36 bits per heavy atom. The van der Waals surface area contributed by atoms with Gasteiger partial charge in [-0.1, -0.05) is 31.2 Å². The Labute approximate surface area is 157 Å². The third-order valence-corrected chi connectivity index (χ3v) is 4.33. The van der Waals surface area contributed by atoms with Crippen molar-refractivity contribution >= 4 is 18.3 Å². The molecule has 1 fully saturated rings. The Morgan fingerprint density at radius 2 is 2.12 bits per heavy atom. The number of hydrogen-bond acceptors (Lipinski definition) is 4. The Hall–Kier alpha value is -1.56. The summed E-state index contributed by atoms with van der Waals surface area (Å²) in [6.45, 7) is 7.26. The van der Waals surface area contributed by atoms with Gasteiger partial charge in [0.25, 0.3) is 0 Å². The first-order chi connectivity index (χ1) is 11.7. The number of rotatable bonds is 9. The van der Waals surface area contributed by atoms with Gasteiger partial charge in [-0.25, -0.2) is 0 Å². The van der Waals surface area contributed by atoms with Gasteiger partial charge in [-0.05, 0) is 37.1 Å². The highest BCUT2D eigenvalue weighted by Gasteiger charge is 2.22. The summed E-state index contributed by atoms with van der Waals surface area (Å²) in [5.74, 6) is 0.912. The van der Waals surface area contributed by atoms with Crippen LogP contribution in [0, 0.1) is 0 Å². The molecular weight excluding hydrogens is 338 g/mol. The second kappa shape index (κ2) is 11.9. The molecule has 1 unspecified atom stereocenters. The van der Waals surface area contributed by atoms with E-state index in [9.17, 15) is 4.79 Å². The van der Waals surface area contributed by atoms with Crippen LogP contribution in [0.3, 0.4) is 0 Å². The number of halogens is 1. The van der Waals surface area contributed by atoms with Gasteiger partial charge in [0.15, 0.2) is 0 Å². The molecule has 0 aliphatic carbocycles. The summed E-state index contributed by atoms with van der Waals surface area (Å²) >= 11 is 0. The fourth-order valence-corrected chi connectivity index (χ4v) is 3.03. The zero-order chi connectivity index (χ0) is 17.2. The maximum absolute atomic E-state index is 11.6. The topological polar surface area (TPSA) is 67.6 Å². The van der Waals surface area contributed by atoms with Crippen molar-refractivity contribution in [1.29, 1.82) is 0 Å². The van der Waals surface area contributed by atoms with Gasteiger partial charge in [-0.15, -0.1) is 12.4 Å². The van der Waals surface area contributed by atoms with Crippen LogP contribution < -0.4 is 15.8 Å². The van der Waals surface area contributed by atoms with Crippen LogP contribution in [0.5, 0.6) is 5.75 Å². The lowest BCUT2D eigenvalue weighted by Crippen LogP contribution is -2.46. The van der Waals surface area contributed by atoms with E-state index in [0.717, 1.165) is 25.3 Å². The van der Waals surface area contributed by atoms with Crippen molar-refractivity contribution in [3.8, 4) is 5.75 Å². The number of hydrogen-bond donors (Lipinski definition) is 2. The Kier molecular flexibility index (Phi) is 10.2. The number of nitrogens with two attached hydrogens (primary N) is 1. The number of ether oxygens (including phenoxy) is 1. The maximum Gasteiger partial charge on any atom is 0.221 e. The molecule has 0 bridgehead atoms. The van der Waals surface area contributed by atoms with Gasteiger partial charge < -0.3 is 15.8 Å². The van der Waals surface area contributed by atoms with Crippen LogP contribution in [-0.4, -0.2) is 43.1 Å². The minimum Gasteiger partial charge on any atom is -0.490 e. The molecule has 6 heteroatoms. The number of likely N-dealkylation sites (tertiary alicyclic amines) is 1. The molecule has 1 aliphatic heterocycles. The largest absolute Gasteiger partial charge is 0.490 e. The highest BCUT2D eigenvalue weighted by atomic mass is 35.5. The number of benzene rings is 1. The third kappa shape index (κ3) is 7.46. The minimum absolute atomic E-state index is 0. The van der Waals surface area contributed by atoms with Crippen molar-refractivity contribution in [3.05, 3.63) is 42.5 Å². The van der Waals surface area contributed by atoms with Crippen LogP contribution in [0.1, 0.15) is 31.2 Å². The first-order valence-electron chi connectivity index (χ1n) is 8.76. The average Bonchev–Trinajstić information content (AvgIpc) is 2.61. The number of piperidine rings is 1. The zero-order valence-corrected chi connectivity index (χ0v) is 15.6. The summed E-state index contributed by atoms with van der Waals surface area (Å²) in [5.41, 5.74) is 6.69. The first kappa shape index (κ1) is 21.5. The molecule has 1 aromatic rings. The molecular formula is C19H30ClN3O2. The number of carbonyl (C=O) groups excluding carboxylic acids is 1. The lowest BCUT2D eigenvalue weighted by atomic mass is 10.0. The lowest BCUT2D eigenvalue weighted by Gasteiger charge is -2.36. The third-order valence-electron chi connectivity index (χ3n) is 4.33. The van der Waals surface area contributed by atoms with E-state index >= 15 is 0 Å². The van der Waals surface area contributed by atoms with Crippen molar-refractivity contribution in [1.82, 2.24) is 10.2 Å². The second-order valence-electron chi connectivity index (χ2n) is 6.21. The molecule has 1 heterocycles. The molecule has 2 rings (SSSR count). The summed E-state index contributed by atoms with van der Waals surface area (Å²) in [7, 11) is 0. The maximum atomic E-state index is 11.6. The van der Waals surface area contributed by atoms with Crippen LogP contribution in [0.15, 0.2) is 36.9 Å². The van der Waals surface area contributed by atoms with Crippen molar-refractivity contribution in [3.63, 3.8) is 0 Å². The predicted octanol–water partition coefficient (Wildman–Crippen LogP) is 2.49. The van der Waals surface area contributed by atoms with Crippen LogP contribution >= 0.6 is 12.4 Å². The Balaban J connectivity index is 0.00000312. The molecule has 0 aromatic heterocycles. The highest BCUT2D eigenvalue weighted by molar-refractivity contribution is 5.85. The summed E-state index contributed by atoms with van der Waals surface area (Å²) < 4.78 is 5.52. The van der Waals surface area contributed by atoms with E-state index in [0.29, 0.717) is 32.2 Å². The first-order valence-corrected chi connectivity index (χ1v) is 8.76.